The molecule has 1 aliphatic rings. The predicted molar refractivity (Wildman–Crippen MR) is 79.7 cm³/mol. The van der Waals surface area contributed by atoms with Gasteiger partial charge in [-0.15, -0.1) is 0 Å². The molecule has 1 unspecified atom stereocenters. The smallest absolute Gasteiger partial charge is 0.0473 e. The summed E-state index contributed by atoms with van der Waals surface area (Å²) in [5.74, 6) is 0. The zero-order valence-electron chi connectivity index (χ0n) is 11.8. The van der Waals surface area contributed by atoms with Crippen molar-refractivity contribution in [1.82, 2.24) is 5.32 Å². The molecule has 0 amide bonds. The highest BCUT2D eigenvalue weighted by Crippen LogP contribution is 2.31. The van der Waals surface area contributed by atoms with Crippen molar-refractivity contribution in [2.24, 2.45) is 0 Å². The van der Waals surface area contributed by atoms with E-state index in [1.165, 1.54) is 5.69 Å². The zero-order chi connectivity index (χ0) is 13.3. The van der Waals surface area contributed by atoms with Gasteiger partial charge in [-0.25, -0.2) is 0 Å². The first-order chi connectivity index (χ1) is 8.42. The van der Waals surface area contributed by atoms with Gasteiger partial charge in [0.2, 0.25) is 0 Å². The molecule has 0 bridgehead atoms. The van der Waals surface area contributed by atoms with Crippen molar-refractivity contribution < 1.29 is 0 Å². The number of hydrogen-bond acceptors (Lipinski definition) is 2. The Labute approximate surface area is 115 Å². The van der Waals surface area contributed by atoms with Gasteiger partial charge >= 0.3 is 0 Å². The van der Waals surface area contributed by atoms with E-state index in [4.69, 9.17) is 11.6 Å². The van der Waals surface area contributed by atoms with Crippen molar-refractivity contribution in [3.8, 4) is 0 Å². The van der Waals surface area contributed by atoms with E-state index >= 15 is 0 Å². The molecule has 100 valence electrons. The molecule has 0 radical (unpaired) electrons. The normalized spacial score (nSPS) is 23.8. The third-order valence-electron chi connectivity index (χ3n) is 3.82. The Morgan fingerprint density at radius 3 is 2.78 bits per heavy atom. The van der Waals surface area contributed by atoms with E-state index in [1.807, 2.05) is 6.92 Å². The minimum atomic E-state index is 0.106. The molecule has 1 aromatic carbocycles. The fourth-order valence-electron chi connectivity index (χ4n) is 2.85. The van der Waals surface area contributed by atoms with Crippen LogP contribution in [-0.2, 0) is 0 Å². The summed E-state index contributed by atoms with van der Waals surface area (Å²) >= 11 is 6.27. The number of hydrogen-bond donors (Lipinski definition) is 1. The highest BCUT2D eigenvalue weighted by molar-refractivity contribution is 6.31. The fraction of sp³-hybridized carbons (Fsp3) is 0.600. The number of rotatable bonds is 1. The monoisotopic (exact) mass is 266 g/mol. The van der Waals surface area contributed by atoms with Crippen LogP contribution < -0.4 is 10.2 Å². The summed E-state index contributed by atoms with van der Waals surface area (Å²) in [6, 6.07) is 6.91. The quantitative estimate of drug-likeness (QED) is 0.835. The molecular formula is C15H23ClN2. The van der Waals surface area contributed by atoms with Crippen LogP contribution in [0.1, 0.15) is 32.8 Å². The van der Waals surface area contributed by atoms with Crippen LogP contribution >= 0.6 is 11.6 Å². The van der Waals surface area contributed by atoms with E-state index < -0.39 is 0 Å². The average molecular weight is 267 g/mol. The van der Waals surface area contributed by atoms with Gasteiger partial charge in [0, 0.05) is 28.8 Å². The van der Waals surface area contributed by atoms with Gasteiger partial charge in [-0.2, -0.15) is 0 Å². The van der Waals surface area contributed by atoms with E-state index in [-0.39, 0.29) is 5.54 Å². The third-order valence-corrected chi connectivity index (χ3v) is 4.23. The highest BCUT2D eigenvalue weighted by Gasteiger charge is 2.32. The van der Waals surface area contributed by atoms with Gasteiger partial charge < -0.3 is 10.2 Å². The van der Waals surface area contributed by atoms with Crippen LogP contribution in [0.25, 0.3) is 0 Å². The maximum atomic E-state index is 6.27. The second-order valence-electron chi connectivity index (χ2n) is 5.93. The second kappa shape index (κ2) is 5.10. The Bertz CT molecular complexity index is 429. The van der Waals surface area contributed by atoms with Crippen LogP contribution in [0, 0.1) is 6.92 Å². The van der Waals surface area contributed by atoms with Gasteiger partial charge in [-0.05, 0) is 58.4 Å². The Morgan fingerprint density at radius 1 is 1.39 bits per heavy atom. The average Bonchev–Trinajstić information content (AvgIpc) is 2.41. The number of nitrogens with zero attached hydrogens (tertiary/aromatic N) is 1. The SMILES string of the molecule is Cc1ccc(N2C(C)CCNCC2(C)C)cc1Cl. The first-order valence-electron chi connectivity index (χ1n) is 6.68. The molecule has 0 saturated carbocycles. The summed E-state index contributed by atoms with van der Waals surface area (Å²) in [5, 5.41) is 4.37. The molecule has 18 heavy (non-hydrogen) atoms. The lowest BCUT2D eigenvalue weighted by molar-refractivity contribution is 0.433. The van der Waals surface area contributed by atoms with Crippen LogP contribution in [-0.4, -0.2) is 24.7 Å². The number of benzene rings is 1. The van der Waals surface area contributed by atoms with Crippen molar-refractivity contribution in [2.75, 3.05) is 18.0 Å². The minimum Gasteiger partial charge on any atom is -0.362 e. The van der Waals surface area contributed by atoms with Crippen molar-refractivity contribution in [3.05, 3.63) is 28.8 Å². The molecule has 1 N–H and O–H groups in total. The van der Waals surface area contributed by atoms with E-state index in [1.54, 1.807) is 0 Å². The lowest BCUT2D eigenvalue weighted by Gasteiger charge is -2.43. The zero-order valence-corrected chi connectivity index (χ0v) is 12.5. The van der Waals surface area contributed by atoms with Gasteiger partial charge in [-0.3, -0.25) is 0 Å². The van der Waals surface area contributed by atoms with Crippen molar-refractivity contribution >= 4 is 17.3 Å². The van der Waals surface area contributed by atoms with Crippen LogP contribution in [0.5, 0.6) is 0 Å². The molecule has 1 heterocycles. The summed E-state index contributed by atoms with van der Waals surface area (Å²) in [7, 11) is 0. The largest absolute Gasteiger partial charge is 0.362 e. The Morgan fingerprint density at radius 2 is 2.11 bits per heavy atom. The topological polar surface area (TPSA) is 15.3 Å². The maximum Gasteiger partial charge on any atom is 0.0473 e. The molecule has 1 atom stereocenters. The molecule has 1 aliphatic heterocycles. The van der Waals surface area contributed by atoms with Crippen LogP contribution in [0.15, 0.2) is 18.2 Å². The van der Waals surface area contributed by atoms with Gasteiger partial charge in [0.15, 0.2) is 0 Å². The van der Waals surface area contributed by atoms with E-state index in [0.717, 1.165) is 30.1 Å². The Hall–Kier alpha value is -0.730. The van der Waals surface area contributed by atoms with Gasteiger partial charge in [0.25, 0.3) is 0 Å². The summed E-state index contributed by atoms with van der Waals surface area (Å²) in [5.41, 5.74) is 2.47. The second-order valence-corrected chi connectivity index (χ2v) is 6.34. The molecule has 2 nitrogen and oxygen atoms in total. The Kier molecular flexibility index (Phi) is 3.88. The number of anilines is 1. The summed E-state index contributed by atoms with van der Waals surface area (Å²) in [6.07, 6.45) is 1.16. The maximum absolute atomic E-state index is 6.27. The molecular weight excluding hydrogens is 244 g/mol. The first kappa shape index (κ1) is 13.7. The summed E-state index contributed by atoms with van der Waals surface area (Å²) in [4.78, 5) is 2.50. The predicted octanol–water partition coefficient (Wildman–Crippen LogP) is 3.62. The van der Waals surface area contributed by atoms with Crippen molar-refractivity contribution in [2.45, 2.75) is 45.7 Å². The number of nitrogens with one attached hydrogen (secondary N) is 1. The van der Waals surface area contributed by atoms with Crippen LogP contribution in [0.3, 0.4) is 0 Å². The van der Waals surface area contributed by atoms with E-state index in [2.05, 4.69) is 49.2 Å². The molecule has 3 heteroatoms. The molecule has 1 saturated heterocycles. The molecule has 0 aliphatic carbocycles. The first-order valence-corrected chi connectivity index (χ1v) is 7.06. The lowest BCUT2D eigenvalue weighted by Crippen LogP contribution is -2.52. The summed E-state index contributed by atoms with van der Waals surface area (Å²) < 4.78 is 0. The number of halogens is 1. The number of aryl methyl sites for hydroxylation is 1. The Balaban J connectivity index is 2.40. The fourth-order valence-corrected chi connectivity index (χ4v) is 3.03. The van der Waals surface area contributed by atoms with Crippen molar-refractivity contribution in [3.63, 3.8) is 0 Å². The van der Waals surface area contributed by atoms with Gasteiger partial charge in [0.05, 0.1) is 0 Å². The van der Waals surface area contributed by atoms with Gasteiger partial charge in [-0.1, -0.05) is 17.7 Å². The molecule has 1 fully saturated rings. The van der Waals surface area contributed by atoms with Crippen LogP contribution in [0.2, 0.25) is 5.02 Å². The third kappa shape index (κ3) is 2.65. The molecule has 0 spiro atoms. The van der Waals surface area contributed by atoms with E-state index in [0.29, 0.717) is 6.04 Å². The molecule has 0 aromatic heterocycles. The molecule has 2 rings (SSSR count). The van der Waals surface area contributed by atoms with Gasteiger partial charge in [0.1, 0.15) is 0 Å². The highest BCUT2D eigenvalue weighted by atomic mass is 35.5. The molecule has 1 aromatic rings. The minimum absolute atomic E-state index is 0.106. The lowest BCUT2D eigenvalue weighted by atomic mass is 9.99. The summed E-state index contributed by atoms with van der Waals surface area (Å²) in [6.45, 7) is 11.0. The van der Waals surface area contributed by atoms with Crippen LogP contribution in [0.4, 0.5) is 5.69 Å². The van der Waals surface area contributed by atoms with Crippen molar-refractivity contribution in [1.29, 1.82) is 0 Å². The standard InChI is InChI=1S/C15H23ClN2/c1-11-5-6-13(9-14(11)16)18-12(2)7-8-17-10-15(18,3)4/h5-6,9,12,17H,7-8,10H2,1-4H3. The van der Waals surface area contributed by atoms with E-state index in [9.17, 15) is 0 Å².